The topological polar surface area (TPSA) is 176 Å². The first kappa shape index (κ1) is 28.1. The van der Waals surface area contributed by atoms with Gasteiger partial charge in [0.25, 0.3) is 0 Å². The van der Waals surface area contributed by atoms with Gasteiger partial charge in [0.15, 0.2) is 0 Å². The summed E-state index contributed by atoms with van der Waals surface area (Å²) in [5, 5.41) is 0. The minimum atomic E-state index is -0.671. The first-order valence-electron chi connectivity index (χ1n) is 10.9. The molecule has 0 saturated carbocycles. The van der Waals surface area contributed by atoms with Gasteiger partial charge in [-0.2, -0.15) is 0 Å². The van der Waals surface area contributed by atoms with Crippen molar-refractivity contribution in [2.24, 2.45) is 0 Å². The number of carbonyl (C=O) groups is 4. The van der Waals surface area contributed by atoms with E-state index in [-0.39, 0.29) is 52.9 Å². The molecule has 0 aliphatic rings. The first-order chi connectivity index (χ1) is 17.3. The van der Waals surface area contributed by atoms with Gasteiger partial charge in [0.1, 0.15) is 39.6 Å². The Hall–Kier alpha value is -4.16. The van der Waals surface area contributed by atoms with Crippen molar-refractivity contribution in [2.75, 3.05) is 64.3 Å². The maximum absolute atomic E-state index is 11.8. The average Bonchev–Trinajstić information content (AvgIpc) is 2.86. The van der Waals surface area contributed by atoms with Crippen LogP contribution in [0.25, 0.3) is 0 Å². The average molecular weight is 504 g/mol. The smallest absolute Gasteiger partial charge is 0.338 e. The number of nitrogens with two attached hydrogens (primary N) is 2. The van der Waals surface area contributed by atoms with Crippen LogP contribution in [-0.2, 0) is 38.0 Å². The van der Waals surface area contributed by atoms with Gasteiger partial charge in [-0.25, -0.2) is 19.2 Å². The van der Waals surface area contributed by atoms with E-state index in [0.717, 1.165) is 0 Å². The quantitative estimate of drug-likeness (QED) is 0.152. The molecule has 0 atom stereocenters. The molecule has 0 unspecified atom stereocenters. The Bertz CT molecular complexity index is 911. The Kier molecular flexibility index (Phi) is 12.2. The maximum Gasteiger partial charge on any atom is 0.338 e. The van der Waals surface area contributed by atoms with Crippen LogP contribution in [0.3, 0.4) is 0 Å². The third kappa shape index (κ3) is 11.3. The zero-order valence-electron chi connectivity index (χ0n) is 19.5. The summed E-state index contributed by atoms with van der Waals surface area (Å²) in [7, 11) is 0. The molecule has 0 heterocycles. The van der Waals surface area contributed by atoms with Crippen molar-refractivity contribution < 1.29 is 47.6 Å². The van der Waals surface area contributed by atoms with Crippen LogP contribution in [0.4, 0.5) is 11.4 Å². The molecule has 12 heteroatoms. The van der Waals surface area contributed by atoms with Crippen molar-refractivity contribution in [3.05, 3.63) is 59.7 Å². The van der Waals surface area contributed by atoms with Crippen molar-refractivity contribution in [3.8, 4) is 0 Å². The van der Waals surface area contributed by atoms with E-state index in [4.69, 9.17) is 39.9 Å². The molecule has 0 radical (unpaired) electrons. The number of ether oxygens (including phenoxy) is 6. The number of benzene rings is 2. The van der Waals surface area contributed by atoms with Gasteiger partial charge < -0.3 is 39.9 Å². The largest absolute Gasteiger partial charge is 0.460 e. The molecular weight excluding hydrogens is 476 g/mol. The summed E-state index contributed by atoms with van der Waals surface area (Å²) >= 11 is 0. The van der Waals surface area contributed by atoms with E-state index in [0.29, 0.717) is 22.5 Å². The number of hydrogen-bond donors (Lipinski definition) is 2. The number of carbonyl (C=O) groups excluding carboxylic acids is 4. The van der Waals surface area contributed by atoms with Crippen LogP contribution in [0.5, 0.6) is 0 Å². The highest BCUT2D eigenvalue weighted by Gasteiger charge is 2.09. The molecule has 2 rings (SSSR count). The van der Waals surface area contributed by atoms with Gasteiger partial charge in [-0.1, -0.05) is 0 Å². The molecule has 194 valence electrons. The Morgan fingerprint density at radius 2 is 0.833 bits per heavy atom. The molecule has 0 amide bonds. The number of esters is 4. The van der Waals surface area contributed by atoms with Crippen LogP contribution in [0, 0.1) is 0 Å². The third-order valence-electron chi connectivity index (χ3n) is 4.26. The Labute approximate surface area is 207 Å². The fourth-order valence-electron chi connectivity index (χ4n) is 2.50. The van der Waals surface area contributed by atoms with Crippen molar-refractivity contribution in [1.82, 2.24) is 0 Å². The maximum atomic E-state index is 11.8. The molecular formula is C24H28N2O10. The van der Waals surface area contributed by atoms with E-state index in [1.165, 1.54) is 24.3 Å². The normalized spacial score (nSPS) is 10.3. The predicted octanol–water partition coefficient (Wildman–Crippen LogP) is 0.984. The summed E-state index contributed by atoms with van der Waals surface area (Å²) in [5.41, 5.74) is 12.9. The van der Waals surface area contributed by atoms with Crippen molar-refractivity contribution >= 4 is 35.3 Å². The summed E-state index contributed by atoms with van der Waals surface area (Å²) in [6.07, 6.45) is 0. The number of nitrogen functional groups attached to an aromatic ring is 2. The van der Waals surface area contributed by atoms with Crippen LogP contribution >= 0.6 is 0 Å². The van der Waals surface area contributed by atoms with Crippen LogP contribution in [-0.4, -0.2) is 76.7 Å². The molecule has 0 aromatic heterocycles. The van der Waals surface area contributed by atoms with E-state index in [1.54, 1.807) is 24.3 Å². The molecule has 2 aromatic carbocycles. The summed E-state index contributed by atoms with van der Waals surface area (Å²) in [6, 6.07) is 12.5. The van der Waals surface area contributed by atoms with Crippen LogP contribution in [0.1, 0.15) is 20.7 Å². The summed E-state index contributed by atoms with van der Waals surface area (Å²) in [4.78, 5) is 46.7. The highest BCUT2D eigenvalue weighted by molar-refractivity contribution is 5.90. The number of rotatable bonds is 15. The van der Waals surface area contributed by atoms with Crippen LogP contribution < -0.4 is 11.5 Å². The molecule has 0 spiro atoms. The van der Waals surface area contributed by atoms with E-state index < -0.39 is 23.9 Å². The van der Waals surface area contributed by atoms with Gasteiger partial charge in [0, 0.05) is 11.4 Å². The SMILES string of the molecule is Nc1ccc(C(=O)OCCOCC(=O)OCCOC(=O)COCCOC(=O)c2ccc(N)cc2)cc1. The molecule has 0 aliphatic carbocycles. The molecule has 36 heavy (non-hydrogen) atoms. The molecule has 12 nitrogen and oxygen atoms in total. The van der Waals surface area contributed by atoms with E-state index in [9.17, 15) is 19.2 Å². The zero-order valence-corrected chi connectivity index (χ0v) is 19.5. The lowest BCUT2D eigenvalue weighted by molar-refractivity contribution is -0.157. The Morgan fingerprint density at radius 3 is 1.19 bits per heavy atom. The highest BCUT2D eigenvalue weighted by atomic mass is 16.6. The predicted molar refractivity (Wildman–Crippen MR) is 126 cm³/mol. The lowest BCUT2D eigenvalue weighted by Gasteiger charge is -2.08. The summed E-state index contributed by atoms with van der Waals surface area (Å²) in [6.45, 7) is -1.14. The van der Waals surface area contributed by atoms with E-state index in [1.807, 2.05) is 0 Å². The second kappa shape index (κ2) is 15.7. The molecule has 0 bridgehead atoms. The van der Waals surface area contributed by atoms with Crippen molar-refractivity contribution in [1.29, 1.82) is 0 Å². The second-order valence-corrected chi connectivity index (χ2v) is 7.06. The molecule has 2 aromatic rings. The Balaban J connectivity index is 1.41. The van der Waals surface area contributed by atoms with Crippen molar-refractivity contribution in [3.63, 3.8) is 0 Å². The van der Waals surface area contributed by atoms with Gasteiger partial charge >= 0.3 is 23.9 Å². The van der Waals surface area contributed by atoms with Gasteiger partial charge in [0.2, 0.25) is 0 Å². The first-order valence-corrected chi connectivity index (χ1v) is 10.9. The fraction of sp³-hybridized carbons (Fsp3) is 0.333. The number of hydrogen-bond acceptors (Lipinski definition) is 12. The zero-order chi connectivity index (χ0) is 26.2. The summed E-state index contributed by atoms with van der Waals surface area (Å²) < 4.78 is 29.8. The fourth-order valence-corrected chi connectivity index (χ4v) is 2.50. The van der Waals surface area contributed by atoms with Gasteiger partial charge in [-0.05, 0) is 48.5 Å². The summed E-state index contributed by atoms with van der Waals surface area (Å²) in [5.74, 6) is -2.41. The minimum Gasteiger partial charge on any atom is -0.460 e. The third-order valence-corrected chi connectivity index (χ3v) is 4.26. The monoisotopic (exact) mass is 504 g/mol. The molecule has 0 aliphatic heterocycles. The lowest BCUT2D eigenvalue weighted by atomic mass is 10.2. The molecule has 4 N–H and O–H groups in total. The second-order valence-electron chi connectivity index (χ2n) is 7.06. The van der Waals surface area contributed by atoms with Crippen molar-refractivity contribution in [2.45, 2.75) is 0 Å². The number of anilines is 2. The standard InChI is InChI=1S/C24H28N2O10/c25-19-5-1-17(2-6-19)23(29)35-11-9-31-15-21(27)33-13-14-34-22(28)16-32-10-12-36-24(30)18-3-7-20(26)8-4-18/h1-8H,9-16,25-26H2. The van der Waals surface area contributed by atoms with Crippen LogP contribution in [0.15, 0.2) is 48.5 Å². The molecule has 0 fully saturated rings. The highest BCUT2D eigenvalue weighted by Crippen LogP contribution is 2.07. The molecule has 0 saturated heterocycles. The van der Waals surface area contributed by atoms with Gasteiger partial charge in [0.05, 0.1) is 24.3 Å². The van der Waals surface area contributed by atoms with Gasteiger partial charge in [-0.3, -0.25) is 0 Å². The van der Waals surface area contributed by atoms with E-state index >= 15 is 0 Å². The van der Waals surface area contributed by atoms with Gasteiger partial charge in [-0.15, -0.1) is 0 Å². The van der Waals surface area contributed by atoms with E-state index in [2.05, 4.69) is 0 Å². The lowest BCUT2D eigenvalue weighted by Crippen LogP contribution is -2.21. The Morgan fingerprint density at radius 1 is 0.500 bits per heavy atom. The minimum absolute atomic E-state index is 0.00255. The van der Waals surface area contributed by atoms with Crippen LogP contribution in [0.2, 0.25) is 0 Å².